The standard InChI is InChI=1S/C20H13F2N5O2S/c1-28-12-6-4-11(5-7-12)14-9-15(17(21)22)27-18(24-14)13(10-23-27)19-25-26-20(29-19)16-3-2-8-30-16/h2-10,17H,1H3. The molecule has 0 spiro atoms. The fraction of sp³-hybridized carbons (Fsp3) is 0.100. The van der Waals surface area contributed by atoms with Crippen LogP contribution in [0.3, 0.4) is 0 Å². The molecule has 0 bridgehead atoms. The molecule has 0 amide bonds. The molecule has 150 valence electrons. The van der Waals surface area contributed by atoms with Crippen LogP contribution in [0, 0.1) is 0 Å². The van der Waals surface area contributed by atoms with Crippen molar-refractivity contribution >= 4 is 17.0 Å². The number of fused-ring (bicyclic) bond motifs is 1. The Morgan fingerprint density at radius 1 is 1.10 bits per heavy atom. The van der Waals surface area contributed by atoms with Crippen molar-refractivity contribution in [2.75, 3.05) is 7.11 Å². The molecule has 0 saturated heterocycles. The number of rotatable bonds is 5. The Labute approximate surface area is 172 Å². The topological polar surface area (TPSA) is 78.3 Å². The van der Waals surface area contributed by atoms with Crippen molar-refractivity contribution < 1.29 is 17.9 Å². The molecule has 0 atom stereocenters. The molecule has 0 aliphatic heterocycles. The molecule has 4 aromatic heterocycles. The van der Waals surface area contributed by atoms with Gasteiger partial charge in [-0.1, -0.05) is 6.07 Å². The van der Waals surface area contributed by atoms with Gasteiger partial charge in [-0.25, -0.2) is 18.3 Å². The predicted octanol–water partition coefficient (Wildman–Crippen LogP) is 5.12. The summed E-state index contributed by atoms with van der Waals surface area (Å²) in [7, 11) is 1.56. The second-order valence-electron chi connectivity index (χ2n) is 6.28. The van der Waals surface area contributed by atoms with Crippen LogP contribution in [0.1, 0.15) is 12.1 Å². The molecule has 7 nitrogen and oxygen atoms in total. The van der Waals surface area contributed by atoms with Crippen molar-refractivity contribution in [3.05, 3.63) is 59.7 Å². The summed E-state index contributed by atoms with van der Waals surface area (Å²) in [5.41, 5.74) is 1.34. The van der Waals surface area contributed by atoms with Gasteiger partial charge in [-0.2, -0.15) is 5.10 Å². The molecular weight excluding hydrogens is 412 g/mol. The number of alkyl halides is 2. The Morgan fingerprint density at radius 3 is 2.60 bits per heavy atom. The van der Waals surface area contributed by atoms with E-state index in [1.807, 2.05) is 17.5 Å². The fourth-order valence-electron chi connectivity index (χ4n) is 3.03. The van der Waals surface area contributed by atoms with E-state index in [1.165, 1.54) is 23.6 Å². The highest BCUT2D eigenvalue weighted by molar-refractivity contribution is 7.13. The summed E-state index contributed by atoms with van der Waals surface area (Å²) in [5.74, 6) is 1.17. The average molecular weight is 425 g/mol. The molecule has 0 N–H and O–H groups in total. The molecule has 1 aromatic carbocycles. The third-order valence-electron chi connectivity index (χ3n) is 4.50. The van der Waals surface area contributed by atoms with Crippen molar-refractivity contribution in [2.24, 2.45) is 0 Å². The molecule has 10 heteroatoms. The summed E-state index contributed by atoms with van der Waals surface area (Å²) in [6.07, 6.45) is -1.35. The predicted molar refractivity (Wildman–Crippen MR) is 107 cm³/mol. The lowest BCUT2D eigenvalue weighted by Gasteiger charge is -2.08. The minimum atomic E-state index is -2.75. The van der Waals surface area contributed by atoms with Crippen molar-refractivity contribution in [1.82, 2.24) is 24.8 Å². The van der Waals surface area contributed by atoms with Crippen LogP contribution in [0.2, 0.25) is 0 Å². The number of ether oxygens (including phenoxy) is 1. The van der Waals surface area contributed by atoms with E-state index in [0.717, 1.165) is 9.39 Å². The first-order valence-electron chi connectivity index (χ1n) is 8.83. The first-order valence-corrected chi connectivity index (χ1v) is 9.71. The molecule has 5 rings (SSSR count). The second-order valence-corrected chi connectivity index (χ2v) is 7.23. The third-order valence-corrected chi connectivity index (χ3v) is 5.35. The highest BCUT2D eigenvalue weighted by Gasteiger charge is 2.22. The van der Waals surface area contributed by atoms with E-state index in [-0.39, 0.29) is 17.2 Å². The quantitative estimate of drug-likeness (QED) is 0.389. The molecule has 0 radical (unpaired) electrons. The zero-order valence-corrected chi connectivity index (χ0v) is 16.3. The van der Waals surface area contributed by atoms with Crippen LogP contribution in [0.5, 0.6) is 5.75 Å². The maximum atomic E-state index is 13.8. The van der Waals surface area contributed by atoms with Crippen LogP contribution < -0.4 is 4.74 Å². The fourth-order valence-corrected chi connectivity index (χ4v) is 3.68. The Morgan fingerprint density at radius 2 is 1.90 bits per heavy atom. The maximum Gasteiger partial charge on any atom is 0.280 e. The summed E-state index contributed by atoms with van der Waals surface area (Å²) in [5, 5.41) is 14.1. The minimum absolute atomic E-state index is 0.160. The van der Waals surface area contributed by atoms with Crippen LogP contribution in [-0.2, 0) is 0 Å². The lowest BCUT2D eigenvalue weighted by atomic mass is 10.1. The van der Waals surface area contributed by atoms with Crippen LogP contribution in [0.25, 0.3) is 39.1 Å². The van der Waals surface area contributed by atoms with E-state index in [9.17, 15) is 8.78 Å². The Kier molecular flexibility index (Phi) is 4.47. The van der Waals surface area contributed by atoms with Gasteiger partial charge in [0.05, 0.1) is 23.9 Å². The van der Waals surface area contributed by atoms with Crippen molar-refractivity contribution in [3.63, 3.8) is 0 Å². The summed E-state index contributed by atoms with van der Waals surface area (Å²) < 4.78 is 39.5. The van der Waals surface area contributed by atoms with Crippen LogP contribution >= 0.6 is 11.3 Å². The largest absolute Gasteiger partial charge is 0.497 e. The molecular formula is C20H13F2N5O2S. The number of halogens is 2. The normalized spacial score (nSPS) is 11.5. The SMILES string of the molecule is COc1ccc(-c2cc(C(F)F)n3ncc(-c4nnc(-c5cccs5)o4)c3n2)cc1. The highest BCUT2D eigenvalue weighted by atomic mass is 32.1. The maximum absolute atomic E-state index is 13.8. The molecule has 5 aromatic rings. The first kappa shape index (κ1) is 18.4. The van der Waals surface area contributed by atoms with Crippen molar-refractivity contribution in [1.29, 1.82) is 0 Å². The summed E-state index contributed by atoms with van der Waals surface area (Å²) in [6.45, 7) is 0. The van der Waals surface area contributed by atoms with Gasteiger partial charge in [0.1, 0.15) is 17.0 Å². The Balaban J connectivity index is 1.66. The number of hydrogen-bond acceptors (Lipinski definition) is 7. The highest BCUT2D eigenvalue weighted by Crippen LogP contribution is 2.32. The summed E-state index contributed by atoms with van der Waals surface area (Å²) in [6, 6.07) is 12.0. The van der Waals surface area contributed by atoms with Gasteiger partial charge in [-0.05, 0) is 41.8 Å². The molecule has 0 fully saturated rings. The zero-order chi connectivity index (χ0) is 20.7. The molecule has 0 aliphatic carbocycles. The molecule has 30 heavy (non-hydrogen) atoms. The number of nitrogens with zero attached hydrogens (tertiary/aromatic N) is 5. The number of aromatic nitrogens is 5. The third kappa shape index (κ3) is 3.11. The van der Waals surface area contributed by atoms with Gasteiger partial charge in [0.25, 0.3) is 18.2 Å². The molecule has 0 saturated carbocycles. The Hall–Kier alpha value is -3.66. The number of thiophene rings is 1. The molecule has 0 aliphatic rings. The van der Waals surface area contributed by atoms with Crippen LogP contribution in [0.4, 0.5) is 8.78 Å². The van der Waals surface area contributed by atoms with Gasteiger partial charge >= 0.3 is 0 Å². The van der Waals surface area contributed by atoms with Gasteiger partial charge in [0.15, 0.2) is 5.65 Å². The first-order chi connectivity index (χ1) is 14.6. The monoisotopic (exact) mass is 425 g/mol. The average Bonchev–Trinajstić information content (AvgIpc) is 3.52. The van der Waals surface area contributed by atoms with Gasteiger partial charge in [-0.3, -0.25) is 0 Å². The van der Waals surface area contributed by atoms with E-state index in [4.69, 9.17) is 9.15 Å². The summed E-state index contributed by atoms with van der Waals surface area (Å²) >= 11 is 1.46. The second kappa shape index (κ2) is 7.30. The van der Waals surface area contributed by atoms with E-state index in [2.05, 4.69) is 20.3 Å². The molecule has 0 unspecified atom stereocenters. The van der Waals surface area contributed by atoms with E-state index < -0.39 is 6.43 Å². The number of methoxy groups -OCH3 is 1. The van der Waals surface area contributed by atoms with Gasteiger partial charge < -0.3 is 9.15 Å². The van der Waals surface area contributed by atoms with Gasteiger partial charge in [0.2, 0.25) is 0 Å². The zero-order valence-electron chi connectivity index (χ0n) is 15.5. The van der Waals surface area contributed by atoms with E-state index >= 15 is 0 Å². The van der Waals surface area contributed by atoms with E-state index in [0.29, 0.717) is 28.5 Å². The molecule has 4 heterocycles. The van der Waals surface area contributed by atoms with Crippen LogP contribution in [0.15, 0.2) is 58.5 Å². The smallest absolute Gasteiger partial charge is 0.280 e. The lowest BCUT2D eigenvalue weighted by Crippen LogP contribution is -2.02. The number of benzene rings is 1. The lowest BCUT2D eigenvalue weighted by molar-refractivity contribution is 0.143. The van der Waals surface area contributed by atoms with Crippen molar-refractivity contribution in [2.45, 2.75) is 6.43 Å². The van der Waals surface area contributed by atoms with Gasteiger partial charge in [0, 0.05) is 5.56 Å². The Bertz CT molecular complexity index is 1310. The summed E-state index contributed by atoms with van der Waals surface area (Å²) in [4.78, 5) is 5.36. The van der Waals surface area contributed by atoms with E-state index in [1.54, 1.807) is 31.4 Å². The number of hydrogen-bond donors (Lipinski definition) is 0. The minimum Gasteiger partial charge on any atom is -0.497 e. The van der Waals surface area contributed by atoms with Gasteiger partial charge in [-0.15, -0.1) is 21.5 Å². The van der Waals surface area contributed by atoms with Crippen LogP contribution in [-0.4, -0.2) is 31.9 Å². The van der Waals surface area contributed by atoms with Crippen molar-refractivity contribution in [3.8, 4) is 39.2 Å².